The summed E-state index contributed by atoms with van der Waals surface area (Å²) in [5.41, 5.74) is 1.53. The molecule has 0 aromatic heterocycles. The number of hydrogen-bond acceptors (Lipinski definition) is 4. The van der Waals surface area contributed by atoms with Gasteiger partial charge in [-0.05, 0) is 43.1 Å². The molecule has 1 N–H and O–H groups in total. The van der Waals surface area contributed by atoms with Gasteiger partial charge in [-0.25, -0.2) is 0 Å². The second kappa shape index (κ2) is 4.09. The average molecular weight is 316 g/mol. The molecule has 2 bridgehead atoms. The van der Waals surface area contributed by atoms with E-state index in [1.54, 1.807) is 0 Å². The Morgan fingerprint density at radius 2 is 2.22 bits per heavy atom. The van der Waals surface area contributed by atoms with E-state index in [-0.39, 0.29) is 28.8 Å². The summed E-state index contributed by atoms with van der Waals surface area (Å²) in [4.78, 5) is 12.4. The van der Waals surface area contributed by atoms with Gasteiger partial charge in [0.1, 0.15) is 12.0 Å². The quantitative estimate of drug-likeness (QED) is 0.597. The molecule has 1 unspecified atom stereocenters. The summed E-state index contributed by atoms with van der Waals surface area (Å²) >= 11 is 0. The molecule has 5 fully saturated rings. The lowest BCUT2D eigenvalue weighted by Gasteiger charge is -2.62. The normalized spacial score (nSPS) is 56.4. The summed E-state index contributed by atoms with van der Waals surface area (Å²) in [5, 5.41) is 10.8. The summed E-state index contributed by atoms with van der Waals surface area (Å²) in [6, 6.07) is 0. The van der Waals surface area contributed by atoms with Crippen LogP contribution in [0.25, 0.3) is 0 Å². The number of carbonyl (C=O) groups excluding carboxylic acids is 1. The second-order valence-corrected chi connectivity index (χ2v) is 8.64. The van der Waals surface area contributed by atoms with Gasteiger partial charge in [0, 0.05) is 17.8 Å². The number of fused-ring (bicyclic) bond motifs is 3. The molecule has 3 heterocycles. The Balaban J connectivity index is 1.63. The third kappa shape index (κ3) is 1.57. The van der Waals surface area contributed by atoms with Crippen LogP contribution in [0.5, 0.6) is 0 Å². The molecule has 4 nitrogen and oxygen atoms in total. The van der Waals surface area contributed by atoms with Crippen LogP contribution in [0.2, 0.25) is 0 Å². The first-order valence-corrected chi connectivity index (χ1v) is 8.82. The van der Waals surface area contributed by atoms with Crippen molar-refractivity contribution in [2.75, 3.05) is 6.61 Å². The molecule has 124 valence electrons. The van der Waals surface area contributed by atoms with Gasteiger partial charge >= 0.3 is 5.97 Å². The van der Waals surface area contributed by atoms with Gasteiger partial charge < -0.3 is 14.6 Å². The van der Waals surface area contributed by atoms with Crippen molar-refractivity contribution in [1.82, 2.24) is 0 Å². The van der Waals surface area contributed by atoms with Gasteiger partial charge in [-0.15, -0.1) is 6.58 Å². The van der Waals surface area contributed by atoms with Crippen LogP contribution in [-0.4, -0.2) is 29.6 Å². The van der Waals surface area contributed by atoms with E-state index in [1.165, 1.54) is 5.57 Å². The highest BCUT2D eigenvalue weighted by Crippen LogP contribution is 2.67. The van der Waals surface area contributed by atoms with E-state index in [4.69, 9.17) is 9.47 Å². The molecule has 3 aliphatic carbocycles. The van der Waals surface area contributed by atoms with E-state index in [0.717, 1.165) is 25.7 Å². The number of allylic oxidation sites excluding steroid dienone is 2. The van der Waals surface area contributed by atoms with Gasteiger partial charge in [0.2, 0.25) is 0 Å². The van der Waals surface area contributed by atoms with E-state index < -0.39 is 11.7 Å². The van der Waals surface area contributed by atoms with Crippen molar-refractivity contribution >= 4 is 5.97 Å². The fraction of sp³-hybridized carbons (Fsp3) is 0.737. The molecule has 1 spiro atoms. The molecule has 4 heteroatoms. The molecule has 2 saturated carbocycles. The van der Waals surface area contributed by atoms with Gasteiger partial charge in [0.15, 0.2) is 5.79 Å². The monoisotopic (exact) mass is 316 g/mol. The Kier molecular flexibility index (Phi) is 2.53. The first kappa shape index (κ1) is 14.2. The number of esters is 1. The van der Waals surface area contributed by atoms with Gasteiger partial charge in [-0.3, -0.25) is 4.79 Å². The summed E-state index contributed by atoms with van der Waals surface area (Å²) in [6.45, 7) is 6.84. The molecular formula is C19H24O4. The van der Waals surface area contributed by atoms with Crippen LogP contribution < -0.4 is 0 Å². The molecule has 0 aromatic rings. The highest BCUT2D eigenvalue weighted by Gasteiger charge is 2.72. The Hall–Kier alpha value is -1.13. The molecule has 3 saturated heterocycles. The van der Waals surface area contributed by atoms with E-state index in [2.05, 4.69) is 25.7 Å². The lowest BCUT2D eigenvalue weighted by atomic mass is 9.46. The summed E-state index contributed by atoms with van der Waals surface area (Å²) in [7, 11) is 0. The molecule has 0 radical (unpaired) electrons. The number of ether oxygens (including phenoxy) is 2. The van der Waals surface area contributed by atoms with E-state index in [9.17, 15) is 9.90 Å². The summed E-state index contributed by atoms with van der Waals surface area (Å²) in [6.07, 6.45) is 8.82. The van der Waals surface area contributed by atoms with Crippen LogP contribution in [0.3, 0.4) is 0 Å². The molecule has 6 rings (SSSR count). The predicted octanol–water partition coefficient (Wildman–Crippen LogP) is 2.58. The minimum absolute atomic E-state index is 0.0292. The highest BCUT2D eigenvalue weighted by atomic mass is 16.6. The minimum Gasteiger partial charge on any atom is -0.457 e. The second-order valence-electron chi connectivity index (χ2n) is 8.64. The summed E-state index contributed by atoms with van der Waals surface area (Å²) < 4.78 is 11.5. The number of carbonyl (C=O) groups is 1. The largest absolute Gasteiger partial charge is 0.457 e. The smallest absolute Gasteiger partial charge is 0.315 e. The Morgan fingerprint density at radius 1 is 1.39 bits per heavy atom. The first-order chi connectivity index (χ1) is 10.9. The van der Waals surface area contributed by atoms with Gasteiger partial charge in [-0.1, -0.05) is 18.6 Å². The van der Waals surface area contributed by atoms with E-state index in [1.807, 2.05) is 0 Å². The Labute approximate surface area is 136 Å². The zero-order valence-corrected chi connectivity index (χ0v) is 13.6. The lowest BCUT2D eigenvalue weighted by molar-refractivity contribution is -0.338. The fourth-order valence-electron chi connectivity index (χ4n) is 6.26. The third-order valence-corrected chi connectivity index (χ3v) is 7.53. The van der Waals surface area contributed by atoms with Gasteiger partial charge in [0.25, 0.3) is 0 Å². The molecule has 0 aromatic carbocycles. The van der Waals surface area contributed by atoms with Crippen molar-refractivity contribution in [3.63, 3.8) is 0 Å². The molecule has 7 atom stereocenters. The topological polar surface area (TPSA) is 55.8 Å². The van der Waals surface area contributed by atoms with Crippen LogP contribution in [0, 0.1) is 28.6 Å². The zero-order valence-electron chi connectivity index (χ0n) is 13.6. The number of rotatable bonds is 1. The van der Waals surface area contributed by atoms with Crippen molar-refractivity contribution in [2.24, 2.45) is 28.6 Å². The van der Waals surface area contributed by atoms with Crippen molar-refractivity contribution in [2.45, 2.75) is 50.9 Å². The third-order valence-electron chi connectivity index (χ3n) is 7.53. The van der Waals surface area contributed by atoms with E-state index in [0.29, 0.717) is 18.9 Å². The Morgan fingerprint density at radius 3 is 2.91 bits per heavy atom. The molecule has 3 aliphatic heterocycles. The minimum atomic E-state index is -1.30. The first-order valence-electron chi connectivity index (χ1n) is 8.82. The van der Waals surface area contributed by atoms with Crippen LogP contribution in [0.1, 0.15) is 39.0 Å². The molecule has 23 heavy (non-hydrogen) atoms. The van der Waals surface area contributed by atoms with Crippen molar-refractivity contribution in [1.29, 1.82) is 0 Å². The van der Waals surface area contributed by atoms with Crippen LogP contribution in [0.4, 0.5) is 0 Å². The SMILES string of the molecule is C=C[C@]1(C)CC[C@@H]2C(=C[C@H]3OC(=O)[C@@H]4[C@H]3[C@]23CCC4(O)OC3)C1. The fourth-order valence-corrected chi connectivity index (χ4v) is 6.26. The standard InChI is InChI=1S/C19H24O4/c1-3-17(2)5-4-12-11(9-17)8-13-14-15(16(20)23-13)19(21)7-6-18(12,14)10-22-19/h3,8,12-15,21H,1,4-7,9-10H2,2H3/t12-,13-,14+,15+,17-,18+,19?/m1/s1. The van der Waals surface area contributed by atoms with Gasteiger partial charge in [-0.2, -0.15) is 0 Å². The van der Waals surface area contributed by atoms with Crippen molar-refractivity contribution in [3.8, 4) is 0 Å². The average Bonchev–Trinajstić information content (AvgIpc) is 2.88. The maximum absolute atomic E-state index is 12.4. The Bertz CT molecular complexity index is 627. The molecule has 0 amide bonds. The predicted molar refractivity (Wildman–Crippen MR) is 83.2 cm³/mol. The zero-order chi connectivity index (χ0) is 16.0. The maximum Gasteiger partial charge on any atom is 0.315 e. The maximum atomic E-state index is 12.4. The van der Waals surface area contributed by atoms with Gasteiger partial charge in [0.05, 0.1) is 6.61 Å². The lowest BCUT2D eigenvalue weighted by Crippen LogP contribution is -2.67. The number of aliphatic hydroxyl groups is 1. The van der Waals surface area contributed by atoms with Crippen molar-refractivity contribution in [3.05, 3.63) is 24.3 Å². The van der Waals surface area contributed by atoms with Crippen LogP contribution >= 0.6 is 0 Å². The van der Waals surface area contributed by atoms with Crippen molar-refractivity contribution < 1.29 is 19.4 Å². The molecule has 6 aliphatic rings. The molecular weight excluding hydrogens is 292 g/mol. The summed E-state index contributed by atoms with van der Waals surface area (Å²) in [5.74, 6) is -1.52. The van der Waals surface area contributed by atoms with E-state index >= 15 is 0 Å². The number of hydrogen-bond donors (Lipinski definition) is 1. The highest BCUT2D eigenvalue weighted by molar-refractivity contribution is 5.78. The van der Waals surface area contributed by atoms with Crippen LogP contribution in [-0.2, 0) is 14.3 Å². The van der Waals surface area contributed by atoms with Crippen LogP contribution in [0.15, 0.2) is 24.3 Å².